The molecule has 30 heavy (non-hydrogen) atoms. The van der Waals surface area contributed by atoms with Crippen LogP contribution in [0.1, 0.15) is 31.7 Å². The van der Waals surface area contributed by atoms with Gasteiger partial charge in [-0.2, -0.15) is 5.26 Å². The van der Waals surface area contributed by atoms with Crippen LogP contribution in [0.15, 0.2) is 36.0 Å². The van der Waals surface area contributed by atoms with E-state index < -0.39 is 15.7 Å². The van der Waals surface area contributed by atoms with Crippen LogP contribution in [-0.4, -0.2) is 68.9 Å². The molecule has 0 aromatic heterocycles. The molecule has 0 spiro atoms. The van der Waals surface area contributed by atoms with Crippen molar-refractivity contribution in [3.8, 4) is 6.07 Å². The largest absolute Gasteiger partial charge is 0.371 e. The van der Waals surface area contributed by atoms with Crippen LogP contribution < -0.4 is 5.32 Å². The molecule has 7 nitrogen and oxygen atoms in total. The maximum atomic E-state index is 12.7. The van der Waals surface area contributed by atoms with Gasteiger partial charge in [0.15, 0.2) is 9.84 Å². The highest BCUT2D eigenvalue weighted by Gasteiger charge is 2.31. The predicted molar refractivity (Wildman–Crippen MR) is 120 cm³/mol. The van der Waals surface area contributed by atoms with Crippen molar-refractivity contribution in [3.63, 3.8) is 0 Å². The van der Waals surface area contributed by atoms with E-state index in [1.807, 2.05) is 54.2 Å². The number of hydrogen-bond acceptors (Lipinski definition) is 6. The number of nitrogens with zero attached hydrogens (tertiary/aromatic N) is 3. The van der Waals surface area contributed by atoms with Crippen molar-refractivity contribution in [2.45, 2.75) is 38.6 Å². The number of rotatable bonds is 10. The molecule has 1 unspecified atom stereocenters. The topological polar surface area (TPSA) is 93.5 Å². The highest BCUT2D eigenvalue weighted by molar-refractivity contribution is 7.91. The molecule has 1 amide bonds. The molecule has 8 heteroatoms. The Labute approximate surface area is 180 Å². The molecule has 1 saturated heterocycles. The average Bonchev–Trinajstić information content (AvgIpc) is 3.07. The lowest BCUT2D eigenvalue weighted by Crippen LogP contribution is -2.37. The number of aryl methyl sites for hydroxylation is 1. The van der Waals surface area contributed by atoms with E-state index >= 15 is 0 Å². The van der Waals surface area contributed by atoms with E-state index in [4.69, 9.17) is 0 Å². The van der Waals surface area contributed by atoms with E-state index in [1.165, 1.54) is 11.8 Å². The molecule has 1 aromatic carbocycles. The third-order valence-corrected chi connectivity index (χ3v) is 6.92. The number of benzene rings is 1. The minimum Gasteiger partial charge on any atom is -0.371 e. The van der Waals surface area contributed by atoms with Crippen molar-refractivity contribution in [1.29, 1.82) is 5.26 Å². The van der Waals surface area contributed by atoms with Crippen molar-refractivity contribution in [3.05, 3.63) is 41.6 Å². The van der Waals surface area contributed by atoms with Crippen molar-refractivity contribution in [2.24, 2.45) is 0 Å². The van der Waals surface area contributed by atoms with E-state index in [-0.39, 0.29) is 23.1 Å². The Kier molecular flexibility index (Phi) is 8.88. The maximum absolute atomic E-state index is 12.7. The first-order chi connectivity index (χ1) is 14.2. The molecule has 2 rings (SSSR count). The SMILES string of the molecule is CCCCc1ccc(NC(=O)/C(C#N)=C\N(CCN(C)C)C2CCS(=O)(=O)C2)cc1. The highest BCUT2D eigenvalue weighted by Crippen LogP contribution is 2.19. The monoisotopic (exact) mass is 432 g/mol. The summed E-state index contributed by atoms with van der Waals surface area (Å²) in [7, 11) is 0.783. The molecule has 1 N–H and O–H groups in total. The molecule has 0 saturated carbocycles. The van der Waals surface area contributed by atoms with Crippen LogP contribution in [-0.2, 0) is 21.1 Å². The first-order valence-corrected chi connectivity index (χ1v) is 12.2. The third kappa shape index (κ3) is 7.47. The zero-order valence-electron chi connectivity index (χ0n) is 18.1. The summed E-state index contributed by atoms with van der Waals surface area (Å²) in [6.07, 6.45) is 5.26. The summed E-state index contributed by atoms with van der Waals surface area (Å²) in [5, 5.41) is 12.3. The third-order valence-electron chi connectivity index (χ3n) is 5.17. The summed E-state index contributed by atoms with van der Waals surface area (Å²) >= 11 is 0. The lowest BCUT2D eigenvalue weighted by molar-refractivity contribution is -0.112. The van der Waals surface area contributed by atoms with Gasteiger partial charge in [0.05, 0.1) is 11.5 Å². The fourth-order valence-corrected chi connectivity index (χ4v) is 5.09. The van der Waals surface area contributed by atoms with Crippen LogP contribution in [0.5, 0.6) is 0 Å². The van der Waals surface area contributed by atoms with Crippen LogP contribution in [0.25, 0.3) is 0 Å². The van der Waals surface area contributed by atoms with E-state index in [0.717, 1.165) is 19.3 Å². The quantitative estimate of drug-likeness (QED) is 0.451. The number of amides is 1. The van der Waals surface area contributed by atoms with Crippen LogP contribution in [0, 0.1) is 11.3 Å². The molecule has 0 aliphatic carbocycles. The zero-order chi connectivity index (χ0) is 22.1. The summed E-state index contributed by atoms with van der Waals surface area (Å²) in [5.74, 6) is -0.298. The van der Waals surface area contributed by atoms with Gasteiger partial charge in [0.1, 0.15) is 11.6 Å². The smallest absolute Gasteiger partial charge is 0.267 e. The molecule has 1 atom stereocenters. The van der Waals surface area contributed by atoms with Crippen molar-refractivity contribution < 1.29 is 13.2 Å². The lowest BCUT2D eigenvalue weighted by atomic mass is 10.1. The zero-order valence-corrected chi connectivity index (χ0v) is 18.9. The number of anilines is 1. The number of carbonyl (C=O) groups is 1. The van der Waals surface area contributed by atoms with E-state index in [1.54, 1.807) is 0 Å². The lowest BCUT2D eigenvalue weighted by Gasteiger charge is -2.28. The molecule has 1 heterocycles. The molecular formula is C22H32N4O3S. The van der Waals surface area contributed by atoms with Gasteiger partial charge in [0, 0.05) is 31.0 Å². The Hall–Kier alpha value is -2.37. The van der Waals surface area contributed by atoms with Gasteiger partial charge in [-0.3, -0.25) is 4.79 Å². The van der Waals surface area contributed by atoms with Gasteiger partial charge >= 0.3 is 0 Å². The van der Waals surface area contributed by atoms with E-state index in [2.05, 4.69) is 12.2 Å². The normalized spacial score (nSPS) is 18.2. The first kappa shape index (κ1) is 23.9. The summed E-state index contributed by atoms with van der Waals surface area (Å²) < 4.78 is 23.8. The maximum Gasteiger partial charge on any atom is 0.267 e. The summed E-state index contributed by atoms with van der Waals surface area (Å²) in [5.41, 5.74) is 1.81. The minimum atomic E-state index is -3.07. The Balaban J connectivity index is 2.12. The molecular weight excluding hydrogens is 400 g/mol. The number of unbranched alkanes of at least 4 members (excludes halogenated alkanes) is 1. The first-order valence-electron chi connectivity index (χ1n) is 10.4. The molecule has 1 aliphatic heterocycles. The number of likely N-dealkylation sites (N-methyl/N-ethyl adjacent to an activating group) is 1. The minimum absolute atomic E-state index is 0.0342. The second kappa shape index (κ2) is 11.1. The fraction of sp³-hybridized carbons (Fsp3) is 0.545. The Morgan fingerprint density at radius 3 is 2.50 bits per heavy atom. The number of carbonyl (C=O) groups excluding carboxylic acids is 1. The van der Waals surface area contributed by atoms with Gasteiger partial charge < -0.3 is 15.1 Å². The second-order valence-corrected chi connectivity index (χ2v) is 10.2. The van der Waals surface area contributed by atoms with Gasteiger partial charge in [-0.15, -0.1) is 0 Å². The van der Waals surface area contributed by atoms with Crippen molar-refractivity contribution in [2.75, 3.05) is 44.0 Å². The molecule has 164 valence electrons. The van der Waals surface area contributed by atoms with Gasteiger partial charge in [0.2, 0.25) is 0 Å². The van der Waals surface area contributed by atoms with Gasteiger partial charge in [-0.1, -0.05) is 25.5 Å². The highest BCUT2D eigenvalue weighted by atomic mass is 32.2. The van der Waals surface area contributed by atoms with Crippen molar-refractivity contribution >= 4 is 21.4 Å². The van der Waals surface area contributed by atoms with Crippen LogP contribution in [0.2, 0.25) is 0 Å². The Morgan fingerprint density at radius 1 is 1.27 bits per heavy atom. The van der Waals surface area contributed by atoms with Crippen LogP contribution >= 0.6 is 0 Å². The van der Waals surface area contributed by atoms with Gasteiger partial charge in [-0.05, 0) is 51.1 Å². The fourth-order valence-electron chi connectivity index (χ4n) is 3.34. The van der Waals surface area contributed by atoms with E-state index in [9.17, 15) is 18.5 Å². The molecule has 1 aromatic rings. The van der Waals surface area contributed by atoms with Gasteiger partial charge in [-0.25, -0.2) is 8.42 Å². The van der Waals surface area contributed by atoms with Crippen LogP contribution in [0.4, 0.5) is 5.69 Å². The second-order valence-electron chi connectivity index (χ2n) is 8.01. The number of hydrogen-bond donors (Lipinski definition) is 1. The summed E-state index contributed by atoms with van der Waals surface area (Å²) in [6.45, 7) is 3.37. The van der Waals surface area contributed by atoms with Crippen LogP contribution in [0.3, 0.4) is 0 Å². The number of sulfone groups is 1. The predicted octanol–water partition coefficient (Wildman–Crippen LogP) is 2.43. The summed E-state index contributed by atoms with van der Waals surface area (Å²) in [4.78, 5) is 16.5. The number of nitriles is 1. The van der Waals surface area contributed by atoms with Crippen molar-refractivity contribution in [1.82, 2.24) is 9.80 Å². The number of nitrogens with one attached hydrogen (secondary N) is 1. The average molecular weight is 433 g/mol. The molecule has 1 fully saturated rings. The molecule has 0 bridgehead atoms. The Morgan fingerprint density at radius 2 is 1.97 bits per heavy atom. The van der Waals surface area contributed by atoms with E-state index in [0.29, 0.717) is 25.2 Å². The summed E-state index contributed by atoms with van der Waals surface area (Å²) in [6, 6.07) is 9.39. The molecule has 0 radical (unpaired) electrons. The molecule has 1 aliphatic rings. The Bertz CT molecular complexity index is 886. The van der Waals surface area contributed by atoms with Gasteiger partial charge in [0.25, 0.3) is 5.91 Å². The standard InChI is InChI=1S/C22H32N4O3S/c1-4-5-6-18-7-9-20(10-8-18)24-22(27)19(15-23)16-26(13-12-25(2)3)21-11-14-30(28,29)17-21/h7-10,16,21H,4-6,11-14,17H2,1-3H3,(H,24,27)/b19-16-.